The number of hydrogen-bond donors (Lipinski definition) is 1. The molecule has 1 aromatic heterocycles. The maximum atomic E-state index is 13.3. The number of aliphatic hydroxyl groups excluding tert-OH is 1. The number of anilines is 1. The predicted octanol–water partition coefficient (Wildman–Crippen LogP) is 5.24. The van der Waals surface area contributed by atoms with Gasteiger partial charge in [0.25, 0.3) is 5.78 Å². The Balaban J connectivity index is 1.74. The third-order valence-electron chi connectivity index (χ3n) is 5.67. The van der Waals surface area contributed by atoms with Gasteiger partial charge in [0.15, 0.2) is 5.13 Å². The summed E-state index contributed by atoms with van der Waals surface area (Å²) in [7, 11) is 1.55. The summed E-state index contributed by atoms with van der Waals surface area (Å²) in [6.45, 7) is 1.94. The van der Waals surface area contributed by atoms with E-state index in [1.807, 2.05) is 49.4 Å². The van der Waals surface area contributed by atoms with Crippen LogP contribution < -0.4 is 9.64 Å². The summed E-state index contributed by atoms with van der Waals surface area (Å²) in [6, 6.07) is 21.0. The van der Waals surface area contributed by atoms with Gasteiger partial charge in [0.05, 0.1) is 28.9 Å². The number of fused-ring (bicyclic) bond motifs is 1. The van der Waals surface area contributed by atoms with Crippen LogP contribution in [0.1, 0.15) is 22.7 Å². The summed E-state index contributed by atoms with van der Waals surface area (Å²) in [5.74, 6) is -1.11. The van der Waals surface area contributed by atoms with Gasteiger partial charge in [-0.1, -0.05) is 65.4 Å². The standard InChI is InChI=1S/C26H20N2O4S/c1-15-10-12-16(13-11-15)23(29)21-22(17-6-5-7-18(14-17)32-2)28(25(31)24(21)30)26-27-19-8-3-4-9-20(19)33-26/h3-14,22,29H,1-2H3/b23-21+/t22-/m0/s1. The van der Waals surface area contributed by atoms with Crippen LogP contribution in [0.2, 0.25) is 0 Å². The van der Waals surface area contributed by atoms with Gasteiger partial charge in [-0.05, 0) is 36.8 Å². The lowest BCUT2D eigenvalue weighted by molar-refractivity contribution is -0.132. The first kappa shape index (κ1) is 20.9. The van der Waals surface area contributed by atoms with Gasteiger partial charge < -0.3 is 9.84 Å². The fourth-order valence-electron chi connectivity index (χ4n) is 3.99. The number of methoxy groups -OCH3 is 1. The van der Waals surface area contributed by atoms with Crippen LogP contribution in [0.3, 0.4) is 0 Å². The molecule has 1 atom stereocenters. The Kier molecular flexibility index (Phi) is 5.18. The average Bonchev–Trinajstić information content (AvgIpc) is 3.37. The third-order valence-corrected chi connectivity index (χ3v) is 6.70. The van der Waals surface area contributed by atoms with E-state index in [-0.39, 0.29) is 11.3 Å². The van der Waals surface area contributed by atoms with Crippen LogP contribution in [-0.4, -0.2) is 28.9 Å². The van der Waals surface area contributed by atoms with Crippen LogP contribution in [0.5, 0.6) is 5.75 Å². The van der Waals surface area contributed by atoms with Crippen molar-refractivity contribution in [3.63, 3.8) is 0 Å². The molecule has 7 heteroatoms. The lowest BCUT2D eigenvalue weighted by Gasteiger charge is -2.23. The topological polar surface area (TPSA) is 79.7 Å². The smallest absolute Gasteiger partial charge is 0.301 e. The van der Waals surface area contributed by atoms with Crippen LogP contribution in [0.4, 0.5) is 5.13 Å². The number of thiazole rings is 1. The number of nitrogens with zero attached hydrogens (tertiary/aromatic N) is 2. The minimum absolute atomic E-state index is 0.0244. The van der Waals surface area contributed by atoms with Crippen LogP contribution in [0.15, 0.2) is 78.4 Å². The van der Waals surface area contributed by atoms with Crippen molar-refractivity contribution in [2.24, 2.45) is 0 Å². The van der Waals surface area contributed by atoms with Gasteiger partial charge in [0, 0.05) is 5.56 Å². The molecule has 1 amide bonds. The summed E-state index contributed by atoms with van der Waals surface area (Å²) in [4.78, 5) is 32.5. The zero-order chi connectivity index (χ0) is 23.1. The molecular weight excluding hydrogens is 436 g/mol. The van der Waals surface area contributed by atoms with E-state index in [1.165, 1.54) is 16.2 Å². The highest BCUT2D eigenvalue weighted by Gasteiger charge is 2.48. The SMILES string of the molecule is COc1cccc([C@H]2/C(=C(\O)c3ccc(C)cc3)C(=O)C(=O)N2c2nc3ccccc3s2)c1. The monoisotopic (exact) mass is 456 g/mol. The molecule has 1 N–H and O–H groups in total. The fraction of sp³-hybridized carbons (Fsp3) is 0.115. The minimum Gasteiger partial charge on any atom is -0.507 e. The molecule has 4 aromatic rings. The van der Waals surface area contributed by atoms with Crippen molar-refractivity contribution in [2.75, 3.05) is 12.0 Å². The van der Waals surface area contributed by atoms with Gasteiger partial charge in [0.1, 0.15) is 11.5 Å². The van der Waals surface area contributed by atoms with E-state index in [0.29, 0.717) is 22.0 Å². The number of aliphatic hydroxyl groups is 1. The number of ether oxygens (including phenoxy) is 1. The second-order valence-corrected chi connectivity index (χ2v) is 8.79. The molecule has 6 nitrogen and oxygen atoms in total. The molecule has 1 fully saturated rings. The Bertz CT molecular complexity index is 1390. The van der Waals surface area contributed by atoms with Gasteiger partial charge in [-0.15, -0.1) is 0 Å². The van der Waals surface area contributed by atoms with Gasteiger partial charge >= 0.3 is 5.91 Å². The van der Waals surface area contributed by atoms with Crippen LogP contribution >= 0.6 is 11.3 Å². The maximum absolute atomic E-state index is 13.3. The highest BCUT2D eigenvalue weighted by molar-refractivity contribution is 7.22. The number of amides is 1. The lowest BCUT2D eigenvalue weighted by atomic mass is 9.95. The Morgan fingerprint density at radius 1 is 1.03 bits per heavy atom. The van der Waals surface area contributed by atoms with Crippen LogP contribution in [-0.2, 0) is 9.59 Å². The van der Waals surface area contributed by atoms with Gasteiger partial charge in [0.2, 0.25) is 0 Å². The van der Waals surface area contributed by atoms with Crippen LogP contribution in [0, 0.1) is 6.92 Å². The molecule has 0 bridgehead atoms. The molecule has 2 heterocycles. The molecule has 0 radical (unpaired) electrons. The van der Waals surface area contributed by atoms with E-state index in [0.717, 1.165) is 15.8 Å². The van der Waals surface area contributed by atoms with E-state index in [4.69, 9.17) is 4.74 Å². The van der Waals surface area contributed by atoms with Crippen molar-refractivity contribution >= 4 is 44.1 Å². The largest absolute Gasteiger partial charge is 0.507 e. The van der Waals surface area contributed by atoms with E-state index in [9.17, 15) is 14.7 Å². The quantitative estimate of drug-likeness (QED) is 0.258. The highest BCUT2D eigenvalue weighted by atomic mass is 32.1. The summed E-state index contributed by atoms with van der Waals surface area (Å²) in [5.41, 5.74) is 2.89. The first-order valence-corrected chi connectivity index (χ1v) is 11.2. The van der Waals surface area contributed by atoms with Gasteiger partial charge in [-0.25, -0.2) is 4.98 Å². The predicted molar refractivity (Wildman–Crippen MR) is 129 cm³/mol. The highest BCUT2D eigenvalue weighted by Crippen LogP contribution is 2.44. The molecule has 164 valence electrons. The minimum atomic E-state index is -0.845. The average molecular weight is 457 g/mol. The number of carbonyl (C=O) groups excluding carboxylic acids is 2. The number of ketones is 1. The molecule has 0 saturated carbocycles. The molecule has 0 spiro atoms. The number of aromatic nitrogens is 1. The Hall–Kier alpha value is -3.97. The second kappa shape index (κ2) is 8.18. The normalized spacial score (nSPS) is 17.6. The molecule has 1 aliphatic heterocycles. The van der Waals surface area contributed by atoms with Gasteiger partial charge in [-0.3, -0.25) is 14.5 Å². The fourth-order valence-corrected chi connectivity index (χ4v) is 4.98. The summed E-state index contributed by atoms with van der Waals surface area (Å²) >= 11 is 1.33. The van der Waals surface area contributed by atoms with E-state index in [2.05, 4.69) is 4.98 Å². The molecule has 0 aliphatic carbocycles. The maximum Gasteiger partial charge on any atom is 0.301 e. The van der Waals surface area contributed by atoms with Crippen molar-refractivity contribution < 1.29 is 19.4 Å². The van der Waals surface area contributed by atoms with E-state index < -0.39 is 17.7 Å². The Labute approximate surface area is 194 Å². The number of hydrogen-bond acceptors (Lipinski definition) is 6. The molecular formula is C26H20N2O4S. The summed E-state index contributed by atoms with van der Waals surface area (Å²) in [6.07, 6.45) is 0. The number of benzene rings is 3. The Morgan fingerprint density at radius 2 is 1.79 bits per heavy atom. The van der Waals surface area contributed by atoms with Crippen molar-refractivity contribution in [3.8, 4) is 5.75 Å². The van der Waals surface area contributed by atoms with Crippen molar-refractivity contribution in [1.82, 2.24) is 4.98 Å². The second-order valence-electron chi connectivity index (χ2n) is 7.78. The Morgan fingerprint density at radius 3 is 2.52 bits per heavy atom. The van der Waals surface area contributed by atoms with Gasteiger partial charge in [-0.2, -0.15) is 0 Å². The van der Waals surface area contributed by atoms with Crippen LogP contribution in [0.25, 0.3) is 16.0 Å². The molecule has 0 unspecified atom stereocenters. The van der Waals surface area contributed by atoms with Crippen molar-refractivity contribution in [3.05, 3.63) is 95.1 Å². The van der Waals surface area contributed by atoms with E-state index >= 15 is 0 Å². The number of rotatable bonds is 4. The van der Waals surface area contributed by atoms with Crippen molar-refractivity contribution in [1.29, 1.82) is 0 Å². The first-order chi connectivity index (χ1) is 16.0. The zero-order valence-corrected chi connectivity index (χ0v) is 18.8. The number of Topliss-reactive ketones (excluding diaryl/α,β-unsaturated/α-hetero) is 1. The molecule has 1 aliphatic rings. The lowest BCUT2D eigenvalue weighted by Crippen LogP contribution is -2.29. The van der Waals surface area contributed by atoms with E-state index in [1.54, 1.807) is 37.4 Å². The molecule has 33 heavy (non-hydrogen) atoms. The number of aryl methyl sites for hydroxylation is 1. The summed E-state index contributed by atoms with van der Waals surface area (Å²) in [5, 5.41) is 11.6. The number of para-hydroxylation sites is 1. The van der Waals surface area contributed by atoms with Crippen molar-refractivity contribution in [2.45, 2.75) is 13.0 Å². The zero-order valence-electron chi connectivity index (χ0n) is 18.0. The first-order valence-electron chi connectivity index (χ1n) is 10.4. The molecule has 3 aromatic carbocycles. The third kappa shape index (κ3) is 3.56. The summed E-state index contributed by atoms with van der Waals surface area (Å²) < 4.78 is 6.27. The molecule has 5 rings (SSSR count). The number of carbonyl (C=O) groups is 2. The molecule has 1 saturated heterocycles.